The monoisotopic (exact) mass is 397 g/mol. The number of nitrogens with two attached hydrogens (primary N) is 1. The summed E-state index contributed by atoms with van der Waals surface area (Å²) < 4.78 is 10.4. The summed E-state index contributed by atoms with van der Waals surface area (Å²) in [6.07, 6.45) is 0.702. The summed E-state index contributed by atoms with van der Waals surface area (Å²) in [5, 5.41) is 4.01. The maximum atomic E-state index is 12.4. The van der Waals surface area contributed by atoms with Crippen molar-refractivity contribution in [3.8, 4) is 11.5 Å². The lowest BCUT2D eigenvalue weighted by Crippen LogP contribution is -2.26. The average molecular weight is 398 g/mol. The van der Waals surface area contributed by atoms with Gasteiger partial charge in [0, 0.05) is 23.4 Å². The van der Waals surface area contributed by atoms with Gasteiger partial charge in [0.1, 0.15) is 0 Å². The first-order valence-electron chi connectivity index (χ1n) is 7.81. The Morgan fingerprint density at radius 1 is 1.35 bits per heavy atom. The van der Waals surface area contributed by atoms with Gasteiger partial charge in [-0.15, -0.1) is 11.3 Å². The molecule has 0 fully saturated rings. The first-order valence-corrected chi connectivity index (χ1v) is 9.01. The fourth-order valence-corrected chi connectivity index (χ4v) is 3.53. The molecule has 0 bridgehead atoms. The van der Waals surface area contributed by atoms with Crippen LogP contribution in [0.15, 0.2) is 12.1 Å². The maximum absolute atomic E-state index is 12.4. The molecule has 1 heterocycles. The minimum absolute atomic E-state index is 0.157. The number of carbonyl (C=O) groups excluding carboxylic acids is 2. The molecule has 0 aliphatic carbocycles. The van der Waals surface area contributed by atoms with Crippen LogP contribution < -0.4 is 20.5 Å². The van der Waals surface area contributed by atoms with E-state index in [4.69, 9.17) is 26.8 Å². The number of hydrogen-bond acceptors (Lipinski definition) is 6. The first-order chi connectivity index (χ1) is 12.3. The molecule has 26 heavy (non-hydrogen) atoms. The molecule has 2 aromatic rings. The van der Waals surface area contributed by atoms with Gasteiger partial charge in [0.25, 0.3) is 11.8 Å². The number of thiazole rings is 1. The Kier molecular flexibility index (Phi) is 6.82. The van der Waals surface area contributed by atoms with Gasteiger partial charge in [-0.2, -0.15) is 0 Å². The van der Waals surface area contributed by atoms with Crippen LogP contribution in [-0.4, -0.2) is 37.1 Å². The molecule has 0 atom stereocenters. The highest BCUT2D eigenvalue weighted by Gasteiger charge is 2.16. The summed E-state index contributed by atoms with van der Waals surface area (Å²) in [7, 11) is 1.42. The Hall–Kier alpha value is -2.32. The van der Waals surface area contributed by atoms with Crippen molar-refractivity contribution in [2.24, 2.45) is 5.73 Å². The van der Waals surface area contributed by atoms with Gasteiger partial charge in [0.2, 0.25) is 0 Å². The molecule has 0 spiro atoms. The molecule has 0 aliphatic heterocycles. The Labute approximate surface area is 160 Å². The van der Waals surface area contributed by atoms with E-state index in [1.165, 1.54) is 19.2 Å². The number of hydrogen-bond donors (Lipinski definition) is 2. The topological polar surface area (TPSA) is 104 Å². The van der Waals surface area contributed by atoms with Crippen LogP contribution in [0.3, 0.4) is 0 Å². The van der Waals surface area contributed by atoms with Crippen molar-refractivity contribution in [2.75, 3.05) is 20.3 Å². The van der Waals surface area contributed by atoms with Crippen molar-refractivity contribution < 1.29 is 19.1 Å². The van der Waals surface area contributed by atoms with Crippen molar-refractivity contribution in [1.82, 2.24) is 10.3 Å². The molecule has 2 amide bonds. The van der Waals surface area contributed by atoms with Crippen LogP contribution in [0, 0.1) is 13.8 Å². The molecular weight excluding hydrogens is 378 g/mol. The van der Waals surface area contributed by atoms with Gasteiger partial charge in [0.15, 0.2) is 18.1 Å². The molecule has 1 aromatic heterocycles. The molecule has 1 aromatic carbocycles. The molecule has 2 rings (SSSR count). The van der Waals surface area contributed by atoms with E-state index in [1.54, 1.807) is 11.3 Å². The molecule has 0 saturated heterocycles. The van der Waals surface area contributed by atoms with Crippen molar-refractivity contribution in [3.63, 3.8) is 0 Å². The lowest BCUT2D eigenvalue weighted by molar-refractivity contribution is -0.119. The first kappa shape index (κ1) is 20.0. The molecule has 0 radical (unpaired) electrons. The summed E-state index contributed by atoms with van der Waals surface area (Å²) in [6.45, 7) is 4.04. The highest BCUT2D eigenvalue weighted by atomic mass is 35.5. The molecular formula is C17H20ClN3O4S. The van der Waals surface area contributed by atoms with E-state index in [9.17, 15) is 9.59 Å². The summed E-state index contributed by atoms with van der Waals surface area (Å²) >= 11 is 7.77. The maximum Gasteiger partial charge on any atom is 0.255 e. The molecule has 0 unspecified atom stereocenters. The quantitative estimate of drug-likeness (QED) is 0.711. The Balaban J connectivity index is 2.05. The minimum atomic E-state index is -0.640. The summed E-state index contributed by atoms with van der Waals surface area (Å²) in [5.74, 6) is -0.512. The van der Waals surface area contributed by atoms with Gasteiger partial charge in [-0.3, -0.25) is 9.59 Å². The van der Waals surface area contributed by atoms with Gasteiger partial charge in [0.05, 0.1) is 22.8 Å². The number of nitrogens with one attached hydrogen (secondary N) is 1. The van der Waals surface area contributed by atoms with Gasteiger partial charge in [-0.05, 0) is 26.0 Å². The predicted octanol–water partition coefficient (Wildman–Crippen LogP) is 2.26. The van der Waals surface area contributed by atoms with E-state index < -0.39 is 5.91 Å². The molecule has 0 aliphatic rings. The number of primary amides is 1. The zero-order valence-electron chi connectivity index (χ0n) is 14.7. The SMILES string of the molecule is COc1cc(C(=O)NCCc2sc(C)nc2C)cc(Cl)c1OCC(N)=O. The Morgan fingerprint density at radius 2 is 2.08 bits per heavy atom. The molecule has 9 heteroatoms. The number of halogens is 1. The molecule has 3 N–H and O–H groups in total. The van der Waals surface area contributed by atoms with E-state index in [1.807, 2.05) is 13.8 Å². The fourth-order valence-electron chi connectivity index (χ4n) is 2.33. The third kappa shape index (κ3) is 5.09. The normalized spacial score (nSPS) is 10.5. The van der Waals surface area contributed by atoms with Crippen LogP contribution >= 0.6 is 22.9 Å². The number of aryl methyl sites for hydroxylation is 2. The summed E-state index contributed by atoms with van der Waals surface area (Å²) in [4.78, 5) is 28.7. The molecule has 7 nitrogen and oxygen atoms in total. The highest BCUT2D eigenvalue weighted by molar-refractivity contribution is 7.11. The number of methoxy groups -OCH3 is 1. The van der Waals surface area contributed by atoms with Crippen LogP contribution in [0.25, 0.3) is 0 Å². The largest absolute Gasteiger partial charge is 0.493 e. The van der Waals surface area contributed by atoms with Crippen molar-refractivity contribution >= 4 is 34.8 Å². The Bertz CT molecular complexity index is 823. The van der Waals surface area contributed by atoms with Crippen LogP contribution in [0.2, 0.25) is 5.02 Å². The third-order valence-electron chi connectivity index (χ3n) is 3.49. The summed E-state index contributed by atoms with van der Waals surface area (Å²) in [6, 6.07) is 2.96. The van der Waals surface area contributed by atoms with Gasteiger partial charge in [-0.25, -0.2) is 4.98 Å². The highest BCUT2D eigenvalue weighted by Crippen LogP contribution is 2.36. The zero-order valence-corrected chi connectivity index (χ0v) is 16.3. The number of carbonyl (C=O) groups is 2. The second-order valence-corrected chi connectivity index (χ2v) is 7.19. The smallest absolute Gasteiger partial charge is 0.255 e. The van der Waals surface area contributed by atoms with E-state index in [0.29, 0.717) is 18.5 Å². The van der Waals surface area contributed by atoms with Crippen LogP contribution in [-0.2, 0) is 11.2 Å². The fraction of sp³-hybridized carbons (Fsp3) is 0.353. The number of rotatable bonds is 8. The average Bonchev–Trinajstić information content (AvgIpc) is 2.90. The second-order valence-electron chi connectivity index (χ2n) is 5.49. The number of nitrogens with zero attached hydrogens (tertiary/aromatic N) is 1. The summed E-state index contributed by atoms with van der Waals surface area (Å²) in [5.41, 5.74) is 6.38. The predicted molar refractivity (Wildman–Crippen MR) is 100 cm³/mol. The Morgan fingerprint density at radius 3 is 2.65 bits per heavy atom. The van der Waals surface area contributed by atoms with E-state index in [2.05, 4.69) is 10.3 Å². The lowest BCUT2D eigenvalue weighted by atomic mass is 10.2. The number of ether oxygens (including phenoxy) is 2. The zero-order chi connectivity index (χ0) is 19.3. The third-order valence-corrected chi connectivity index (χ3v) is 4.90. The molecule has 140 valence electrons. The van der Waals surface area contributed by atoms with Crippen molar-refractivity contribution in [2.45, 2.75) is 20.3 Å². The second kappa shape index (κ2) is 8.86. The van der Waals surface area contributed by atoms with Crippen molar-refractivity contribution in [3.05, 3.63) is 38.3 Å². The number of amides is 2. The van der Waals surface area contributed by atoms with Gasteiger partial charge in [-0.1, -0.05) is 11.6 Å². The minimum Gasteiger partial charge on any atom is -0.493 e. The number of benzene rings is 1. The molecule has 0 saturated carbocycles. The number of aromatic nitrogens is 1. The van der Waals surface area contributed by atoms with E-state index in [-0.39, 0.29) is 29.0 Å². The van der Waals surface area contributed by atoms with Gasteiger partial charge >= 0.3 is 0 Å². The van der Waals surface area contributed by atoms with E-state index >= 15 is 0 Å². The standard InChI is InChI=1S/C17H20ClN3O4S/c1-9-14(26-10(2)21-9)4-5-20-17(23)11-6-12(18)16(13(7-11)24-3)25-8-15(19)22/h6-7H,4-5,8H2,1-3H3,(H2,19,22)(H,20,23). The van der Waals surface area contributed by atoms with Gasteiger partial charge < -0.3 is 20.5 Å². The van der Waals surface area contributed by atoms with Crippen LogP contribution in [0.4, 0.5) is 0 Å². The van der Waals surface area contributed by atoms with Crippen molar-refractivity contribution in [1.29, 1.82) is 0 Å². The van der Waals surface area contributed by atoms with Crippen LogP contribution in [0.5, 0.6) is 11.5 Å². The van der Waals surface area contributed by atoms with Crippen LogP contribution in [0.1, 0.15) is 25.9 Å². The lowest BCUT2D eigenvalue weighted by Gasteiger charge is -2.13. The van der Waals surface area contributed by atoms with E-state index in [0.717, 1.165) is 15.6 Å².